The number of anilines is 1. The first-order valence-corrected chi connectivity index (χ1v) is 12.0. The Morgan fingerprint density at radius 2 is 1.73 bits per heavy atom. The average Bonchev–Trinajstić information content (AvgIpc) is 3.55. The zero-order chi connectivity index (χ0) is 26.1. The van der Waals surface area contributed by atoms with E-state index in [1.54, 1.807) is 72.8 Å². The van der Waals surface area contributed by atoms with Gasteiger partial charge >= 0.3 is 0 Å². The van der Waals surface area contributed by atoms with Crippen molar-refractivity contribution in [3.05, 3.63) is 106 Å². The van der Waals surface area contributed by atoms with E-state index >= 15 is 0 Å². The lowest BCUT2D eigenvalue weighted by molar-refractivity contribution is -0.117. The van der Waals surface area contributed by atoms with E-state index in [0.29, 0.717) is 34.0 Å². The fraction of sp³-hybridized carbons (Fsp3) is 0.107. The largest absolute Gasteiger partial charge is 0.503 e. The summed E-state index contributed by atoms with van der Waals surface area (Å²) >= 11 is 3.44. The Balaban J connectivity index is 1.63. The van der Waals surface area contributed by atoms with Crippen LogP contribution in [0.25, 0.3) is 11.3 Å². The van der Waals surface area contributed by atoms with Gasteiger partial charge in [-0.1, -0.05) is 39.3 Å². The maximum absolute atomic E-state index is 13.7. The molecule has 1 aromatic heterocycles. The van der Waals surface area contributed by atoms with Gasteiger partial charge in [-0.05, 0) is 48.5 Å². The zero-order valence-electron chi connectivity index (χ0n) is 19.8. The van der Waals surface area contributed by atoms with Crippen LogP contribution in [0.3, 0.4) is 0 Å². The number of Topliss-reactive ketones (excluding diaryl/α,β-unsaturated/α-hetero) is 1. The Hall–Kier alpha value is -4.37. The summed E-state index contributed by atoms with van der Waals surface area (Å²) in [6.07, 6.45) is 1.47. The number of ketones is 1. The number of nitrogens with zero attached hydrogens (tertiary/aromatic N) is 2. The molecule has 0 saturated carbocycles. The minimum Gasteiger partial charge on any atom is -0.503 e. The number of halogens is 1. The standard InChI is InChI=1S/C28H21BrN2O6/c1-35-20-10-5-17(6-11-20)26(32)24-25(21-12-7-18(29)15-23(21)36-2)31(28(34)27(24)33)19-8-3-16(4-9-19)22-13-14-37-30-22/h3-15,25,33H,1-2H3. The molecule has 186 valence electrons. The fourth-order valence-electron chi connectivity index (χ4n) is 4.36. The van der Waals surface area contributed by atoms with Crippen molar-refractivity contribution in [2.45, 2.75) is 6.04 Å². The molecular weight excluding hydrogens is 540 g/mol. The number of hydrogen-bond donors (Lipinski definition) is 1. The summed E-state index contributed by atoms with van der Waals surface area (Å²) in [4.78, 5) is 28.6. The van der Waals surface area contributed by atoms with Crippen LogP contribution in [0.4, 0.5) is 5.69 Å². The molecule has 1 aliphatic rings. The molecule has 5 rings (SSSR count). The minimum atomic E-state index is -0.942. The van der Waals surface area contributed by atoms with Gasteiger partial charge in [-0.25, -0.2) is 0 Å². The number of hydrogen-bond acceptors (Lipinski definition) is 7. The number of aliphatic hydroxyl groups is 1. The number of aromatic nitrogens is 1. The summed E-state index contributed by atoms with van der Waals surface area (Å²) in [6.45, 7) is 0. The van der Waals surface area contributed by atoms with Crippen molar-refractivity contribution < 1.29 is 28.7 Å². The summed E-state index contributed by atoms with van der Waals surface area (Å²) in [5.41, 5.74) is 2.71. The molecule has 1 unspecified atom stereocenters. The predicted octanol–water partition coefficient (Wildman–Crippen LogP) is 5.90. The molecule has 2 heterocycles. The van der Waals surface area contributed by atoms with Crippen LogP contribution in [-0.2, 0) is 4.79 Å². The van der Waals surface area contributed by atoms with Gasteiger partial charge in [0.15, 0.2) is 11.5 Å². The molecule has 1 amide bonds. The second-order valence-electron chi connectivity index (χ2n) is 8.22. The monoisotopic (exact) mass is 560 g/mol. The van der Waals surface area contributed by atoms with Crippen LogP contribution < -0.4 is 14.4 Å². The van der Waals surface area contributed by atoms with Gasteiger partial charge in [-0.3, -0.25) is 14.5 Å². The van der Waals surface area contributed by atoms with Crippen LogP contribution in [0.1, 0.15) is 22.0 Å². The lowest BCUT2D eigenvalue weighted by Gasteiger charge is -2.28. The van der Waals surface area contributed by atoms with Crippen LogP contribution in [0.5, 0.6) is 11.5 Å². The Kier molecular flexibility index (Phi) is 6.54. The smallest absolute Gasteiger partial charge is 0.294 e. The molecule has 0 saturated heterocycles. The number of carbonyl (C=O) groups is 2. The highest BCUT2D eigenvalue weighted by Gasteiger charge is 2.45. The van der Waals surface area contributed by atoms with Crippen molar-refractivity contribution >= 4 is 33.3 Å². The second-order valence-corrected chi connectivity index (χ2v) is 9.13. The second kappa shape index (κ2) is 9.94. The number of ether oxygens (including phenoxy) is 2. The van der Waals surface area contributed by atoms with E-state index in [1.165, 1.54) is 25.4 Å². The Morgan fingerprint density at radius 1 is 1.00 bits per heavy atom. The van der Waals surface area contributed by atoms with E-state index in [1.807, 2.05) is 0 Å². The Bertz CT molecular complexity index is 1490. The van der Waals surface area contributed by atoms with Crippen LogP contribution in [0.2, 0.25) is 0 Å². The van der Waals surface area contributed by atoms with Crippen molar-refractivity contribution in [2.75, 3.05) is 19.1 Å². The first kappa shape index (κ1) is 24.3. The normalized spacial score (nSPS) is 15.3. The van der Waals surface area contributed by atoms with Gasteiger partial charge in [0.05, 0.1) is 25.8 Å². The van der Waals surface area contributed by atoms with Crippen LogP contribution in [0, 0.1) is 0 Å². The summed E-state index contributed by atoms with van der Waals surface area (Å²) < 4.78 is 16.5. The minimum absolute atomic E-state index is 0.0450. The van der Waals surface area contributed by atoms with E-state index in [-0.39, 0.29) is 5.57 Å². The molecule has 0 aliphatic carbocycles. The van der Waals surface area contributed by atoms with Crippen molar-refractivity contribution in [1.29, 1.82) is 0 Å². The van der Waals surface area contributed by atoms with Crippen molar-refractivity contribution in [3.8, 4) is 22.8 Å². The van der Waals surface area contributed by atoms with Gasteiger partial charge in [-0.2, -0.15) is 0 Å². The van der Waals surface area contributed by atoms with Gasteiger partial charge < -0.3 is 19.1 Å². The Labute approximate surface area is 220 Å². The number of amides is 1. The summed E-state index contributed by atoms with van der Waals surface area (Å²) in [6, 6.07) is 19.6. The number of methoxy groups -OCH3 is 2. The van der Waals surface area contributed by atoms with E-state index in [4.69, 9.17) is 14.0 Å². The van der Waals surface area contributed by atoms with Crippen molar-refractivity contribution in [2.24, 2.45) is 0 Å². The van der Waals surface area contributed by atoms with E-state index in [9.17, 15) is 14.7 Å². The van der Waals surface area contributed by atoms with E-state index < -0.39 is 23.5 Å². The summed E-state index contributed by atoms with van der Waals surface area (Å²) in [5.74, 6) is -0.758. The maximum Gasteiger partial charge on any atom is 0.294 e. The third-order valence-corrected chi connectivity index (χ3v) is 6.67. The third kappa shape index (κ3) is 4.38. The zero-order valence-corrected chi connectivity index (χ0v) is 21.4. The van der Waals surface area contributed by atoms with Gasteiger partial charge in [-0.15, -0.1) is 0 Å². The summed E-state index contributed by atoms with van der Waals surface area (Å²) in [5, 5.41) is 15.0. The van der Waals surface area contributed by atoms with Gasteiger partial charge in [0, 0.05) is 32.9 Å². The molecule has 37 heavy (non-hydrogen) atoms. The number of rotatable bonds is 7. The first-order valence-electron chi connectivity index (χ1n) is 11.2. The van der Waals surface area contributed by atoms with Crippen molar-refractivity contribution in [3.63, 3.8) is 0 Å². The molecule has 0 bridgehead atoms. The average molecular weight is 561 g/mol. The molecule has 4 aromatic rings. The highest BCUT2D eigenvalue weighted by molar-refractivity contribution is 9.10. The van der Waals surface area contributed by atoms with Gasteiger partial charge in [0.2, 0.25) is 0 Å². The first-order chi connectivity index (χ1) is 17.9. The molecule has 8 nitrogen and oxygen atoms in total. The van der Waals surface area contributed by atoms with E-state index in [2.05, 4.69) is 21.1 Å². The van der Waals surface area contributed by atoms with Gasteiger partial charge in [0.1, 0.15) is 23.5 Å². The molecular formula is C28H21BrN2O6. The number of carbonyl (C=O) groups excluding carboxylic acids is 2. The van der Waals surface area contributed by atoms with Crippen LogP contribution in [-0.4, -0.2) is 36.2 Å². The fourth-order valence-corrected chi connectivity index (χ4v) is 4.70. The number of benzene rings is 3. The highest BCUT2D eigenvalue weighted by atomic mass is 79.9. The molecule has 1 aliphatic heterocycles. The Morgan fingerprint density at radius 3 is 2.35 bits per heavy atom. The lowest BCUT2D eigenvalue weighted by atomic mass is 9.92. The number of aliphatic hydroxyl groups excluding tert-OH is 1. The maximum atomic E-state index is 13.7. The lowest BCUT2D eigenvalue weighted by Crippen LogP contribution is -2.31. The molecule has 1 N–H and O–H groups in total. The molecule has 0 spiro atoms. The highest BCUT2D eigenvalue weighted by Crippen LogP contribution is 2.45. The molecule has 9 heteroatoms. The van der Waals surface area contributed by atoms with Crippen molar-refractivity contribution in [1.82, 2.24) is 5.16 Å². The third-order valence-electron chi connectivity index (χ3n) is 6.17. The van der Waals surface area contributed by atoms with E-state index in [0.717, 1.165) is 10.0 Å². The molecule has 1 atom stereocenters. The SMILES string of the molecule is COc1ccc(C(=O)C2=C(O)C(=O)N(c3ccc(-c4ccon4)cc3)C2c2ccc(Br)cc2OC)cc1. The van der Waals surface area contributed by atoms with Crippen LogP contribution >= 0.6 is 15.9 Å². The topological polar surface area (TPSA) is 102 Å². The molecule has 0 fully saturated rings. The predicted molar refractivity (Wildman–Crippen MR) is 140 cm³/mol. The summed E-state index contributed by atoms with van der Waals surface area (Å²) in [7, 11) is 3.04. The molecule has 0 radical (unpaired) electrons. The molecule has 3 aromatic carbocycles. The van der Waals surface area contributed by atoms with Gasteiger partial charge in [0.25, 0.3) is 5.91 Å². The van der Waals surface area contributed by atoms with Crippen LogP contribution in [0.15, 0.2) is 99.4 Å². The quantitative estimate of drug-likeness (QED) is 0.280.